The van der Waals surface area contributed by atoms with E-state index in [4.69, 9.17) is 4.74 Å². The highest BCUT2D eigenvalue weighted by molar-refractivity contribution is 5.78. The van der Waals surface area contributed by atoms with Crippen molar-refractivity contribution in [2.75, 3.05) is 39.4 Å². The quantitative estimate of drug-likeness (QED) is 0.686. The molecule has 0 aromatic heterocycles. The molecule has 4 heteroatoms. The van der Waals surface area contributed by atoms with Crippen molar-refractivity contribution in [1.82, 2.24) is 10.2 Å². The number of unbranched alkanes of at least 4 members (excludes halogenated alkanes) is 2. The van der Waals surface area contributed by atoms with E-state index in [2.05, 4.69) is 26.1 Å². The van der Waals surface area contributed by atoms with E-state index in [-0.39, 0.29) is 11.3 Å². The maximum atomic E-state index is 12.0. The summed E-state index contributed by atoms with van der Waals surface area (Å²) in [4.78, 5) is 13.8. The molecular weight excluding hydrogens is 240 g/mol. The minimum absolute atomic E-state index is 0.202. The molecule has 0 bridgehead atoms. The number of nitrogens with zero attached hydrogens (tertiary/aromatic N) is 1. The molecule has 0 atom stereocenters. The van der Waals surface area contributed by atoms with Crippen LogP contribution in [0.1, 0.15) is 46.5 Å². The summed E-state index contributed by atoms with van der Waals surface area (Å²) < 4.78 is 5.25. The van der Waals surface area contributed by atoms with Crippen molar-refractivity contribution in [1.29, 1.82) is 0 Å². The minimum atomic E-state index is 0.202. The van der Waals surface area contributed by atoms with Crippen LogP contribution in [-0.2, 0) is 9.53 Å². The highest BCUT2D eigenvalue weighted by Crippen LogP contribution is 2.22. The Morgan fingerprint density at radius 3 is 2.58 bits per heavy atom. The topological polar surface area (TPSA) is 41.6 Å². The first-order valence-corrected chi connectivity index (χ1v) is 7.61. The normalized spacial score (nSPS) is 16.7. The van der Waals surface area contributed by atoms with Gasteiger partial charge in [-0.3, -0.25) is 4.79 Å². The summed E-state index contributed by atoms with van der Waals surface area (Å²) in [7, 11) is 0. The lowest BCUT2D eigenvalue weighted by Crippen LogP contribution is -2.45. The fourth-order valence-electron chi connectivity index (χ4n) is 2.37. The molecule has 4 nitrogen and oxygen atoms in total. The number of amides is 1. The molecule has 0 aliphatic carbocycles. The van der Waals surface area contributed by atoms with Gasteiger partial charge in [0.15, 0.2) is 0 Å². The van der Waals surface area contributed by atoms with Crippen LogP contribution in [0.2, 0.25) is 0 Å². The molecule has 1 amide bonds. The number of hydrogen-bond acceptors (Lipinski definition) is 3. The van der Waals surface area contributed by atoms with Crippen molar-refractivity contribution in [2.24, 2.45) is 5.41 Å². The van der Waals surface area contributed by atoms with Gasteiger partial charge in [0, 0.05) is 19.6 Å². The molecule has 1 N–H and O–H groups in total. The second-order valence-corrected chi connectivity index (χ2v) is 6.22. The van der Waals surface area contributed by atoms with E-state index in [1.807, 2.05) is 4.90 Å². The second kappa shape index (κ2) is 8.54. The lowest BCUT2D eigenvalue weighted by molar-refractivity contribution is -0.134. The molecule has 0 saturated carbocycles. The van der Waals surface area contributed by atoms with Crippen molar-refractivity contribution in [2.45, 2.75) is 46.5 Å². The van der Waals surface area contributed by atoms with Crippen molar-refractivity contribution in [3.05, 3.63) is 0 Å². The molecule has 1 saturated heterocycles. The van der Waals surface area contributed by atoms with Crippen LogP contribution in [0.3, 0.4) is 0 Å². The Kier molecular flexibility index (Phi) is 7.39. The van der Waals surface area contributed by atoms with Crippen molar-refractivity contribution in [3.63, 3.8) is 0 Å². The molecule has 0 aromatic carbocycles. The van der Waals surface area contributed by atoms with Gasteiger partial charge in [0.25, 0.3) is 0 Å². The molecule has 0 aromatic rings. The Balaban J connectivity index is 2.15. The van der Waals surface area contributed by atoms with Crippen LogP contribution in [0.5, 0.6) is 0 Å². The summed E-state index contributed by atoms with van der Waals surface area (Å²) in [6.45, 7) is 11.0. The molecule has 19 heavy (non-hydrogen) atoms. The van der Waals surface area contributed by atoms with Crippen molar-refractivity contribution < 1.29 is 9.53 Å². The molecule has 1 heterocycles. The van der Waals surface area contributed by atoms with Crippen LogP contribution >= 0.6 is 0 Å². The Hall–Kier alpha value is -0.610. The first-order chi connectivity index (χ1) is 9.05. The highest BCUT2D eigenvalue weighted by atomic mass is 16.5. The molecule has 0 spiro atoms. The number of morpholine rings is 1. The van der Waals surface area contributed by atoms with Gasteiger partial charge in [-0.1, -0.05) is 40.0 Å². The summed E-state index contributed by atoms with van der Waals surface area (Å²) in [5.41, 5.74) is 0.278. The lowest BCUT2D eigenvalue weighted by Gasteiger charge is -2.28. The first kappa shape index (κ1) is 16.4. The molecule has 1 rings (SSSR count). The smallest absolute Gasteiger partial charge is 0.236 e. The molecule has 0 radical (unpaired) electrons. The highest BCUT2D eigenvalue weighted by Gasteiger charge is 2.19. The Labute approximate surface area is 117 Å². The minimum Gasteiger partial charge on any atom is -0.378 e. The van der Waals surface area contributed by atoms with Gasteiger partial charge >= 0.3 is 0 Å². The zero-order chi connectivity index (χ0) is 14.1. The molecule has 1 aliphatic heterocycles. The van der Waals surface area contributed by atoms with E-state index in [0.29, 0.717) is 19.8 Å². The number of rotatable bonds is 8. The molecule has 0 unspecified atom stereocenters. The zero-order valence-electron chi connectivity index (χ0n) is 12.8. The van der Waals surface area contributed by atoms with Gasteiger partial charge in [-0.25, -0.2) is 0 Å². The molecular formula is C15H30N2O2. The maximum absolute atomic E-state index is 12.0. The van der Waals surface area contributed by atoms with Crippen LogP contribution in [0.4, 0.5) is 0 Å². The van der Waals surface area contributed by atoms with Crippen LogP contribution in [0, 0.1) is 5.41 Å². The molecule has 1 aliphatic rings. The van der Waals surface area contributed by atoms with Gasteiger partial charge < -0.3 is 15.0 Å². The van der Waals surface area contributed by atoms with E-state index < -0.39 is 0 Å². The van der Waals surface area contributed by atoms with Gasteiger partial charge in [-0.15, -0.1) is 0 Å². The monoisotopic (exact) mass is 270 g/mol. The average Bonchev–Trinajstić information content (AvgIpc) is 2.39. The van der Waals surface area contributed by atoms with E-state index in [1.54, 1.807) is 0 Å². The average molecular weight is 270 g/mol. The number of carbonyl (C=O) groups excluding carboxylic acids is 1. The third-order valence-corrected chi connectivity index (χ3v) is 3.70. The van der Waals surface area contributed by atoms with E-state index in [1.165, 1.54) is 25.7 Å². The Bertz CT molecular complexity index is 261. The molecule has 112 valence electrons. The predicted molar refractivity (Wildman–Crippen MR) is 78.2 cm³/mol. The number of ether oxygens (including phenoxy) is 1. The van der Waals surface area contributed by atoms with Gasteiger partial charge in [-0.05, 0) is 11.8 Å². The zero-order valence-corrected chi connectivity index (χ0v) is 12.8. The Morgan fingerprint density at radius 1 is 1.26 bits per heavy atom. The Morgan fingerprint density at radius 2 is 1.95 bits per heavy atom. The summed E-state index contributed by atoms with van der Waals surface area (Å²) in [5.74, 6) is 0.202. The summed E-state index contributed by atoms with van der Waals surface area (Å²) in [5, 5.41) is 3.32. The number of hydrogen-bond donors (Lipinski definition) is 1. The summed E-state index contributed by atoms with van der Waals surface area (Å²) in [6, 6.07) is 0. The predicted octanol–water partition coefficient (Wildman–Crippen LogP) is 2.04. The van der Waals surface area contributed by atoms with Gasteiger partial charge in [0.05, 0.1) is 19.8 Å². The fraction of sp³-hybridized carbons (Fsp3) is 0.933. The SMILES string of the molecule is CCCCCC(C)(C)CNCC(=O)N1CCOCC1. The fourth-order valence-corrected chi connectivity index (χ4v) is 2.37. The van der Waals surface area contributed by atoms with Crippen LogP contribution < -0.4 is 5.32 Å². The van der Waals surface area contributed by atoms with Gasteiger partial charge in [0.1, 0.15) is 0 Å². The summed E-state index contributed by atoms with van der Waals surface area (Å²) >= 11 is 0. The number of nitrogens with one attached hydrogen (secondary N) is 1. The van der Waals surface area contributed by atoms with Crippen LogP contribution in [-0.4, -0.2) is 50.2 Å². The van der Waals surface area contributed by atoms with Crippen LogP contribution in [0.25, 0.3) is 0 Å². The van der Waals surface area contributed by atoms with Crippen LogP contribution in [0.15, 0.2) is 0 Å². The van der Waals surface area contributed by atoms with E-state index in [0.717, 1.165) is 19.6 Å². The lowest BCUT2D eigenvalue weighted by atomic mass is 9.87. The summed E-state index contributed by atoms with van der Waals surface area (Å²) in [6.07, 6.45) is 5.07. The third kappa shape index (κ3) is 6.92. The van der Waals surface area contributed by atoms with Gasteiger partial charge in [-0.2, -0.15) is 0 Å². The van der Waals surface area contributed by atoms with E-state index >= 15 is 0 Å². The van der Waals surface area contributed by atoms with Crippen molar-refractivity contribution in [3.8, 4) is 0 Å². The van der Waals surface area contributed by atoms with Gasteiger partial charge in [0.2, 0.25) is 5.91 Å². The largest absolute Gasteiger partial charge is 0.378 e. The van der Waals surface area contributed by atoms with Crippen molar-refractivity contribution >= 4 is 5.91 Å². The third-order valence-electron chi connectivity index (χ3n) is 3.70. The van der Waals surface area contributed by atoms with E-state index in [9.17, 15) is 4.79 Å². The standard InChI is InChI=1S/C15H30N2O2/c1-4-5-6-7-15(2,3)13-16-12-14(18)17-8-10-19-11-9-17/h16H,4-13H2,1-3H3. The number of carbonyl (C=O) groups is 1. The second-order valence-electron chi connectivity index (χ2n) is 6.22. The first-order valence-electron chi connectivity index (χ1n) is 7.61. The molecule has 1 fully saturated rings. The maximum Gasteiger partial charge on any atom is 0.236 e.